The molecule has 2 rings (SSSR count). The summed E-state index contributed by atoms with van der Waals surface area (Å²) in [7, 11) is 0. The van der Waals surface area contributed by atoms with E-state index in [0.717, 1.165) is 11.8 Å². The molecule has 0 aliphatic heterocycles. The highest BCUT2D eigenvalue weighted by Gasteiger charge is 2.24. The van der Waals surface area contributed by atoms with Crippen LogP contribution in [0.5, 0.6) is 0 Å². The molecule has 0 radical (unpaired) electrons. The van der Waals surface area contributed by atoms with Gasteiger partial charge in [0.05, 0.1) is 0 Å². The van der Waals surface area contributed by atoms with Gasteiger partial charge in [-0.25, -0.2) is 0 Å². The van der Waals surface area contributed by atoms with Gasteiger partial charge >= 0.3 is 0 Å². The predicted molar refractivity (Wildman–Crippen MR) is 107 cm³/mol. The van der Waals surface area contributed by atoms with Gasteiger partial charge in [0.15, 0.2) is 0 Å². The van der Waals surface area contributed by atoms with Crippen LogP contribution in [0.4, 0.5) is 0 Å². The molecule has 0 bridgehead atoms. The molecule has 0 heteroatoms. The van der Waals surface area contributed by atoms with Gasteiger partial charge in [0.25, 0.3) is 0 Å². The normalized spacial score (nSPS) is 16.3. The molecular weight excluding hydrogens is 288 g/mol. The summed E-state index contributed by atoms with van der Waals surface area (Å²) < 4.78 is 0. The zero-order chi connectivity index (χ0) is 17.4. The summed E-state index contributed by atoms with van der Waals surface area (Å²) in [6, 6.07) is 22.3. The fourth-order valence-electron chi connectivity index (χ4n) is 3.73. The molecule has 0 N–H and O–H groups in total. The zero-order valence-corrected chi connectivity index (χ0v) is 15.9. The number of rotatable bonds is 9. The maximum atomic E-state index is 2.42. The molecule has 2 aromatic rings. The van der Waals surface area contributed by atoms with Gasteiger partial charge in [0, 0.05) is 0 Å². The van der Waals surface area contributed by atoms with Gasteiger partial charge in [-0.2, -0.15) is 0 Å². The van der Waals surface area contributed by atoms with E-state index in [2.05, 4.69) is 88.4 Å². The van der Waals surface area contributed by atoms with Crippen molar-refractivity contribution in [3.63, 3.8) is 0 Å². The van der Waals surface area contributed by atoms with Crippen molar-refractivity contribution in [1.29, 1.82) is 0 Å². The lowest BCUT2D eigenvalue weighted by molar-refractivity contribution is 0.355. The minimum absolute atomic E-state index is 0.644. The Hall–Kier alpha value is -1.56. The van der Waals surface area contributed by atoms with E-state index in [9.17, 15) is 0 Å². The highest BCUT2D eigenvalue weighted by Crippen LogP contribution is 2.39. The summed E-state index contributed by atoms with van der Waals surface area (Å²) >= 11 is 0. The SMILES string of the molecule is CCC(C)CC(CC(c1ccccc1)C(C)CC)c1ccccc1. The van der Waals surface area contributed by atoms with Gasteiger partial charge in [-0.3, -0.25) is 0 Å². The van der Waals surface area contributed by atoms with Gasteiger partial charge in [0.1, 0.15) is 0 Å². The first-order chi connectivity index (χ1) is 11.7. The lowest BCUT2D eigenvalue weighted by Crippen LogP contribution is -2.15. The molecule has 0 amide bonds. The Bertz CT molecular complexity index is 557. The minimum atomic E-state index is 0.644. The molecule has 4 unspecified atom stereocenters. The molecule has 4 atom stereocenters. The minimum Gasteiger partial charge on any atom is -0.0651 e. The molecular formula is C24H34. The number of benzene rings is 2. The Morgan fingerprint density at radius 2 is 1.21 bits per heavy atom. The first-order valence-electron chi connectivity index (χ1n) is 9.75. The zero-order valence-electron chi connectivity index (χ0n) is 15.9. The van der Waals surface area contributed by atoms with Crippen molar-refractivity contribution in [2.45, 2.75) is 65.2 Å². The third kappa shape index (κ3) is 5.23. The van der Waals surface area contributed by atoms with Crippen molar-refractivity contribution in [3.05, 3.63) is 71.8 Å². The molecule has 0 fully saturated rings. The van der Waals surface area contributed by atoms with E-state index in [1.165, 1.54) is 36.8 Å². The second kappa shape index (κ2) is 9.67. The van der Waals surface area contributed by atoms with Crippen LogP contribution < -0.4 is 0 Å². The molecule has 130 valence electrons. The lowest BCUT2D eigenvalue weighted by Gasteiger charge is -2.30. The summed E-state index contributed by atoms with van der Waals surface area (Å²) in [5, 5.41) is 0. The highest BCUT2D eigenvalue weighted by atomic mass is 14.3. The molecule has 2 aromatic carbocycles. The Morgan fingerprint density at radius 1 is 0.667 bits per heavy atom. The largest absolute Gasteiger partial charge is 0.0651 e. The molecule has 24 heavy (non-hydrogen) atoms. The van der Waals surface area contributed by atoms with Gasteiger partial charge < -0.3 is 0 Å². The Morgan fingerprint density at radius 3 is 1.71 bits per heavy atom. The second-order valence-electron chi connectivity index (χ2n) is 7.50. The van der Waals surface area contributed by atoms with Crippen LogP contribution in [0, 0.1) is 11.8 Å². The summed E-state index contributed by atoms with van der Waals surface area (Å²) in [5.41, 5.74) is 3.03. The average Bonchev–Trinajstić information content (AvgIpc) is 2.65. The molecule has 0 aromatic heterocycles. The number of hydrogen-bond acceptors (Lipinski definition) is 0. The van der Waals surface area contributed by atoms with Crippen LogP contribution in [0.25, 0.3) is 0 Å². The van der Waals surface area contributed by atoms with Crippen LogP contribution in [-0.4, -0.2) is 0 Å². The van der Waals surface area contributed by atoms with Crippen LogP contribution in [0.15, 0.2) is 60.7 Å². The molecule has 0 nitrogen and oxygen atoms in total. The maximum Gasteiger partial charge on any atom is -0.0131 e. The lowest BCUT2D eigenvalue weighted by atomic mass is 9.75. The third-order valence-electron chi connectivity index (χ3n) is 5.75. The second-order valence-corrected chi connectivity index (χ2v) is 7.50. The van der Waals surface area contributed by atoms with Gasteiger partial charge in [0.2, 0.25) is 0 Å². The molecule has 0 aliphatic carbocycles. The first kappa shape index (κ1) is 18.8. The topological polar surface area (TPSA) is 0 Å². The molecule has 0 spiro atoms. The summed E-state index contributed by atoms with van der Waals surface area (Å²) in [5.74, 6) is 2.80. The fraction of sp³-hybridized carbons (Fsp3) is 0.500. The van der Waals surface area contributed by atoms with Crippen molar-refractivity contribution >= 4 is 0 Å². The Kier molecular flexibility index (Phi) is 7.56. The van der Waals surface area contributed by atoms with Crippen molar-refractivity contribution in [2.75, 3.05) is 0 Å². The van der Waals surface area contributed by atoms with Crippen LogP contribution >= 0.6 is 0 Å². The summed E-state index contributed by atoms with van der Waals surface area (Å²) in [4.78, 5) is 0. The van der Waals surface area contributed by atoms with Crippen molar-refractivity contribution in [1.82, 2.24) is 0 Å². The Balaban J connectivity index is 2.26. The van der Waals surface area contributed by atoms with Crippen LogP contribution in [0.2, 0.25) is 0 Å². The van der Waals surface area contributed by atoms with Crippen LogP contribution in [0.3, 0.4) is 0 Å². The van der Waals surface area contributed by atoms with E-state index in [4.69, 9.17) is 0 Å². The van der Waals surface area contributed by atoms with Crippen molar-refractivity contribution < 1.29 is 0 Å². The van der Waals surface area contributed by atoms with Gasteiger partial charge in [-0.15, -0.1) is 0 Å². The monoisotopic (exact) mass is 322 g/mol. The van der Waals surface area contributed by atoms with Crippen molar-refractivity contribution in [2.24, 2.45) is 11.8 Å². The molecule has 0 saturated carbocycles. The van der Waals surface area contributed by atoms with E-state index in [1.54, 1.807) is 0 Å². The number of hydrogen-bond donors (Lipinski definition) is 0. The predicted octanol–water partition coefficient (Wildman–Crippen LogP) is 7.43. The maximum absolute atomic E-state index is 2.42. The van der Waals surface area contributed by atoms with E-state index in [1.807, 2.05) is 0 Å². The van der Waals surface area contributed by atoms with Crippen molar-refractivity contribution in [3.8, 4) is 0 Å². The van der Waals surface area contributed by atoms with E-state index < -0.39 is 0 Å². The van der Waals surface area contributed by atoms with E-state index in [0.29, 0.717) is 11.8 Å². The van der Waals surface area contributed by atoms with Crippen LogP contribution in [0.1, 0.15) is 76.3 Å². The van der Waals surface area contributed by atoms with Gasteiger partial charge in [-0.1, -0.05) is 101 Å². The Labute approximate surface area is 149 Å². The van der Waals surface area contributed by atoms with E-state index >= 15 is 0 Å². The highest BCUT2D eigenvalue weighted by molar-refractivity contribution is 5.24. The first-order valence-corrected chi connectivity index (χ1v) is 9.75. The quantitative estimate of drug-likeness (QED) is 0.450. The molecule has 0 aliphatic rings. The molecule has 0 heterocycles. The summed E-state index contributed by atoms with van der Waals surface area (Å²) in [6.45, 7) is 9.46. The van der Waals surface area contributed by atoms with Crippen LogP contribution in [-0.2, 0) is 0 Å². The smallest absolute Gasteiger partial charge is 0.0131 e. The average molecular weight is 323 g/mol. The molecule has 0 saturated heterocycles. The standard InChI is InChI=1S/C24H34/c1-5-19(3)17-23(21-13-9-7-10-14-21)18-24(20(4)6-2)22-15-11-8-12-16-22/h7-16,19-20,23-24H,5-6,17-18H2,1-4H3. The third-order valence-corrected chi connectivity index (χ3v) is 5.75. The fourth-order valence-corrected chi connectivity index (χ4v) is 3.73. The summed E-state index contributed by atoms with van der Waals surface area (Å²) in [6.07, 6.45) is 5.06. The van der Waals surface area contributed by atoms with Gasteiger partial charge in [-0.05, 0) is 47.6 Å². The van der Waals surface area contributed by atoms with E-state index in [-0.39, 0.29) is 0 Å².